The predicted octanol–water partition coefficient (Wildman–Crippen LogP) is 1.07. The van der Waals surface area contributed by atoms with Crippen molar-refractivity contribution in [2.24, 2.45) is 0 Å². The summed E-state index contributed by atoms with van der Waals surface area (Å²) in [6.45, 7) is 0.873. The SMILES string of the molecule is O=CCCNC(=O)NCc1ccccc1. The first-order valence-electron chi connectivity index (χ1n) is 4.82. The zero-order valence-corrected chi connectivity index (χ0v) is 8.40. The zero-order chi connectivity index (χ0) is 10.9. The van der Waals surface area contributed by atoms with Crippen LogP contribution in [0.15, 0.2) is 30.3 Å². The van der Waals surface area contributed by atoms with Gasteiger partial charge in [0.05, 0.1) is 0 Å². The third-order valence-corrected chi connectivity index (χ3v) is 1.84. The van der Waals surface area contributed by atoms with Crippen LogP contribution in [0.2, 0.25) is 0 Å². The number of hydrogen-bond donors (Lipinski definition) is 2. The van der Waals surface area contributed by atoms with E-state index in [-0.39, 0.29) is 6.03 Å². The fraction of sp³-hybridized carbons (Fsp3) is 0.273. The second-order valence-electron chi connectivity index (χ2n) is 3.05. The molecule has 0 fully saturated rings. The molecule has 0 bridgehead atoms. The van der Waals surface area contributed by atoms with Gasteiger partial charge in [0.1, 0.15) is 6.29 Å². The van der Waals surface area contributed by atoms with E-state index in [0.29, 0.717) is 19.5 Å². The van der Waals surface area contributed by atoms with Crippen molar-refractivity contribution in [1.82, 2.24) is 10.6 Å². The van der Waals surface area contributed by atoms with Crippen LogP contribution in [0.1, 0.15) is 12.0 Å². The lowest BCUT2D eigenvalue weighted by Crippen LogP contribution is -2.35. The van der Waals surface area contributed by atoms with Gasteiger partial charge in [-0.3, -0.25) is 0 Å². The Morgan fingerprint density at radius 2 is 1.93 bits per heavy atom. The van der Waals surface area contributed by atoms with Gasteiger partial charge in [-0.25, -0.2) is 4.79 Å². The van der Waals surface area contributed by atoms with Crippen molar-refractivity contribution in [2.75, 3.05) is 6.54 Å². The maximum Gasteiger partial charge on any atom is 0.315 e. The minimum absolute atomic E-state index is 0.249. The number of benzene rings is 1. The van der Waals surface area contributed by atoms with E-state index in [9.17, 15) is 9.59 Å². The number of aldehydes is 1. The minimum atomic E-state index is -0.249. The second kappa shape index (κ2) is 6.59. The number of carbonyl (C=O) groups is 2. The summed E-state index contributed by atoms with van der Waals surface area (Å²) in [6.07, 6.45) is 1.12. The van der Waals surface area contributed by atoms with Crippen molar-refractivity contribution >= 4 is 12.3 Å². The monoisotopic (exact) mass is 206 g/mol. The Kier molecular flexibility index (Phi) is 4.94. The molecule has 4 nitrogen and oxygen atoms in total. The van der Waals surface area contributed by atoms with Gasteiger partial charge in [0.15, 0.2) is 0 Å². The Morgan fingerprint density at radius 3 is 2.60 bits per heavy atom. The molecule has 0 heterocycles. The molecule has 80 valence electrons. The van der Waals surface area contributed by atoms with Crippen molar-refractivity contribution in [1.29, 1.82) is 0 Å². The van der Waals surface area contributed by atoms with Crippen LogP contribution in [0.5, 0.6) is 0 Å². The van der Waals surface area contributed by atoms with E-state index in [1.54, 1.807) is 0 Å². The van der Waals surface area contributed by atoms with E-state index in [0.717, 1.165) is 11.8 Å². The molecule has 1 aromatic carbocycles. The number of urea groups is 1. The first-order chi connectivity index (χ1) is 7.33. The molecule has 0 aliphatic rings. The molecule has 0 saturated carbocycles. The van der Waals surface area contributed by atoms with Crippen LogP contribution in [-0.2, 0) is 11.3 Å². The number of nitrogens with one attached hydrogen (secondary N) is 2. The molecule has 4 heteroatoms. The molecule has 2 N–H and O–H groups in total. The lowest BCUT2D eigenvalue weighted by molar-refractivity contribution is -0.107. The fourth-order valence-electron chi connectivity index (χ4n) is 1.09. The molecule has 0 saturated heterocycles. The highest BCUT2D eigenvalue weighted by Gasteiger charge is 1.98. The Balaban J connectivity index is 2.20. The van der Waals surface area contributed by atoms with Crippen LogP contribution in [-0.4, -0.2) is 18.9 Å². The van der Waals surface area contributed by atoms with Gasteiger partial charge in [0, 0.05) is 19.5 Å². The molecule has 0 aromatic heterocycles. The first kappa shape index (κ1) is 11.2. The summed E-state index contributed by atoms with van der Waals surface area (Å²) in [5, 5.41) is 5.26. The van der Waals surface area contributed by atoms with Crippen molar-refractivity contribution in [3.63, 3.8) is 0 Å². The van der Waals surface area contributed by atoms with Gasteiger partial charge in [0.2, 0.25) is 0 Å². The van der Waals surface area contributed by atoms with E-state index in [4.69, 9.17) is 0 Å². The molecular formula is C11H14N2O2. The number of rotatable bonds is 5. The highest BCUT2D eigenvalue weighted by Crippen LogP contribution is 1.96. The number of hydrogen-bond acceptors (Lipinski definition) is 2. The standard InChI is InChI=1S/C11H14N2O2/c14-8-4-7-12-11(15)13-9-10-5-2-1-3-6-10/h1-3,5-6,8H,4,7,9H2,(H2,12,13,15). The molecule has 0 radical (unpaired) electrons. The summed E-state index contributed by atoms with van der Waals surface area (Å²) < 4.78 is 0. The Morgan fingerprint density at radius 1 is 1.20 bits per heavy atom. The maximum atomic E-state index is 11.2. The molecule has 0 unspecified atom stereocenters. The fourth-order valence-corrected chi connectivity index (χ4v) is 1.09. The third-order valence-electron chi connectivity index (χ3n) is 1.84. The first-order valence-corrected chi connectivity index (χ1v) is 4.82. The topological polar surface area (TPSA) is 58.2 Å². The van der Waals surface area contributed by atoms with E-state index < -0.39 is 0 Å². The smallest absolute Gasteiger partial charge is 0.315 e. The van der Waals surface area contributed by atoms with Crippen LogP contribution in [0.3, 0.4) is 0 Å². The lowest BCUT2D eigenvalue weighted by Gasteiger charge is -2.05. The van der Waals surface area contributed by atoms with Gasteiger partial charge >= 0.3 is 6.03 Å². The molecule has 2 amide bonds. The van der Waals surface area contributed by atoms with Gasteiger partial charge in [-0.1, -0.05) is 30.3 Å². The van der Waals surface area contributed by atoms with E-state index in [1.165, 1.54) is 0 Å². The number of carbonyl (C=O) groups excluding carboxylic acids is 2. The Bertz CT molecular complexity index is 312. The summed E-state index contributed by atoms with van der Waals surface area (Å²) in [5.41, 5.74) is 1.04. The highest BCUT2D eigenvalue weighted by molar-refractivity contribution is 5.74. The van der Waals surface area contributed by atoms with Crippen LogP contribution in [0.25, 0.3) is 0 Å². The predicted molar refractivity (Wildman–Crippen MR) is 57.4 cm³/mol. The van der Waals surface area contributed by atoms with E-state index >= 15 is 0 Å². The average Bonchev–Trinajstić information content (AvgIpc) is 2.28. The minimum Gasteiger partial charge on any atom is -0.338 e. The van der Waals surface area contributed by atoms with Crippen molar-refractivity contribution in [3.05, 3.63) is 35.9 Å². The summed E-state index contributed by atoms with van der Waals surface area (Å²) in [6, 6.07) is 9.38. The second-order valence-corrected chi connectivity index (χ2v) is 3.05. The van der Waals surface area contributed by atoms with Crippen LogP contribution >= 0.6 is 0 Å². The van der Waals surface area contributed by atoms with Crippen molar-refractivity contribution < 1.29 is 9.59 Å². The molecule has 0 spiro atoms. The van der Waals surface area contributed by atoms with E-state index in [2.05, 4.69) is 10.6 Å². The van der Waals surface area contributed by atoms with Gasteiger partial charge in [-0.15, -0.1) is 0 Å². The van der Waals surface area contributed by atoms with Crippen LogP contribution < -0.4 is 10.6 Å². The highest BCUT2D eigenvalue weighted by atomic mass is 16.2. The molecule has 0 atom stereocenters. The van der Waals surface area contributed by atoms with Crippen molar-refractivity contribution in [3.8, 4) is 0 Å². The maximum absolute atomic E-state index is 11.2. The molecule has 1 aromatic rings. The quantitative estimate of drug-likeness (QED) is 0.559. The zero-order valence-electron chi connectivity index (χ0n) is 8.40. The van der Waals surface area contributed by atoms with Gasteiger partial charge < -0.3 is 15.4 Å². The van der Waals surface area contributed by atoms with E-state index in [1.807, 2.05) is 30.3 Å². The van der Waals surface area contributed by atoms with Crippen LogP contribution in [0, 0.1) is 0 Å². The molecule has 0 aliphatic carbocycles. The summed E-state index contributed by atoms with van der Waals surface area (Å²) >= 11 is 0. The Hall–Kier alpha value is -1.84. The molecule has 15 heavy (non-hydrogen) atoms. The Labute approximate surface area is 88.7 Å². The summed E-state index contributed by atoms with van der Waals surface area (Å²) in [4.78, 5) is 21.1. The van der Waals surface area contributed by atoms with Gasteiger partial charge in [0.25, 0.3) is 0 Å². The molecule has 0 aliphatic heterocycles. The molecule has 1 rings (SSSR count). The molecular weight excluding hydrogens is 192 g/mol. The summed E-state index contributed by atoms with van der Waals surface area (Å²) in [7, 11) is 0. The van der Waals surface area contributed by atoms with Crippen LogP contribution in [0.4, 0.5) is 4.79 Å². The normalized spacial score (nSPS) is 9.33. The van der Waals surface area contributed by atoms with Gasteiger partial charge in [-0.05, 0) is 5.56 Å². The largest absolute Gasteiger partial charge is 0.338 e. The van der Waals surface area contributed by atoms with Gasteiger partial charge in [-0.2, -0.15) is 0 Å². The average molecular weight is 206 g/mol. The third kappa shape index (κ3) is 4.81. The summed E-state index contributed by atoms with van der Waals surface area (Å²) in [5.74, 6) is 0. The number of amides is 2. The lowest BCUT2D eigenvalue weighted by atomic mass is 10.2. The van der Waals surface area contributed by atoms with Crippen molar-refractivity contribution in [2.45, 2.75) is 13.0 Å².